The average molecular weight is 467 g/mol. The third-order valence-corrected chi connectivity index (χ3v) is 6.43. The maximum Gasteiger partial charge on any atom is 0.238 e. The monoisotopic (exact) mass is 466 g/mol. The number of hydrogen-bond acceptors (Lipinski definition) is 5. The smallest absolute Gasteiger partial charge is 0.238 e. The lowest BCUT2D eigenvalue weighted by Crippen LogP contribution is -2.51. The van der Waals surface area contributed by atoms with Gasteiger partial charge in [0.2, 0.25) is 11.8 Å². The van der Waals surface area contributed by atoms with Crippen LogP contribution in [0.2, 0.25) is 0 Å². The Hall–Kier alpha value is -2.74. The number of amides is 2. The number of aryl methyl sites for hydroxylation is 2. The first kappa shape index (κ1) is 25.9. The molecule has 0 saturated carbocycles. The van der Waals surface area contributed by atoms with E-state index in [-0.39, 0.29) is 24.9 Å². The standard InChI is InChI=1S/C27H38N4O3/c1-21-7-5-9-24(17-21)18-29-11-13-31(14-12-29)27(33)20-30(15-16-34-4)19-26(32)28-25-10-6-8-22(2)23(25)3/h5-10,17H,11-16,18-20H2,1-4H3,(H,28,32). The molecule has 0 spiro atoms. The van der Waals surface area contributed by atoms with Crippen LogP contribution in [0.1, 0.15) is 22.3 Å². The van der Waals surface area contributed by atoms with Crippen molar-refractivity contribution in [2.45, 2.75) is 27.3 Å². The van der Waals surface area contributed by atoms with Crippen LogP contribution in [0.15, 0.2) is 42.5 Å². The predicted octanol–water partition coefficient (Wildman–Crippen LogP) is 2.84. The zero-order chi connectivity index (χ0) is 24.5. The van der Waals surface area contributed by atoms with Crippen LogP contribution in [-0.4, -0.2) is 86.0 Å². The Morgan fingerprint density at radius 3 is 2.44 bits per heavy atom. The highest BCUT2D eigenvalue weighted by molar-refractivity contribution is 5.93. The number of nitrogens with one attached hydrogen (secondary N) is 1. The number of nitrogens with zero attached hydrogens (tertiary/aromatic N) is 3. The normalized spacial score (nSPS) is 14.4. The van der Waals surface area contributed by atoms with Crippen LogP contribution in [0, 0.1) is 20.8 Å². The molecule has 2 aromatic carbocycles. The summed E-state index contributed by atoms with van der Waals surface area (Å²) in [6.07, 6.45) is 0. The minimum absolute atomic E-state index is 0.0610. The second-order valence-electron chi connectivity index (χ2n) is 9.15. The number of anilines is 1. The van der Waals surface area contributed by atoms with Crippen molar-refractivity contribution in [1.29, 1.82) is 0 Å². The molecule has 1 saturated heterocycles. The highest BCUT2D eigenvalue weighted by Gasteiger charge is 2.24. The van der Waals surface area contributed by atoms with Gasteiger partial charge in [0.25, 0.3) is 0 Å². The summed E-state index contributed by atoms with van der Waals surface area (Å²) in [7, 11) is 1.63. The van der Waals surface area contributed by atoms with Gasteiger partial charge in [-0.3, -0.25) is 19.4 Å². The number of methoxy groups -OCH3 is 1. The summed E-state index contributed by atoms with van der Waals surface area (Å²) >= 11 is 0. The molecule has 2 amide bonds. The van der Waals surface area contributed by atoms with Gasteiger partial charge in [0.1, 0.15) is 0 Å². The lowest BCUT2D eigenvalue weighted by Gasteiger charge is -2.35. The lowest BCUT2D eigenvalue weighted by molar-refractivity contribution is -0.134. The number of hydrogen-bond donors (Lipinski definition) is 1. The Kier molecular flexibility index (Phi) is 9.62. The first-order valence-electron chi connectivity index (χ1n) is 12.0. The van der Waals surface area contributed by atoms with E-state index < -0.39 is 0 Å². The molecule has 1 aliphatic heterocycles. The molecule has 3 rings (SSSR count). The highest BCUT2D eigenvalue weighted by atomic mass is 16.5. The fourth-order valence-corrected chi connectivity index (χ4v) is 4.23. The Bertz CT molecular complexity index is 970. The van der Waals surface area contributed by atoms with Crippen molar-refractivity contribution in [3.63, 3.8) is 0 Å². The SMILES string of the molecule is COCCN(CC(=O)Nc1cccc(C)c1C)CC(=O)N1CCN(Cc2cccc(C)c2)CC1. The van der Waals surface area contributed by atoms with Crippen molar-refractivity contribution in [2.75, 3.05) is 64.8 Å². The van der Waals surface area contributed by atoms with E-state index >= 15 is 0 Å². The maximum absolute atomic E-state index is 13.0. The molecule has 184 valence electrons. The van der Waals surface area contributed by atoms with Gasteiger partial charge >= 0.3 is 0 Å². The lowest BCUT2D eigenvalue weighted by atomic mass is 10.1. The van der Waals surface area contributed by atoms with Gasteiger partial charge in [-0.15, -0.1) is 0 Å². The Morgan fingerprint density at radius 2 is 1.74 bits per heavy atom. The van der Waals surface area contributed by atoms with Gasteiger partial charge in [-0.1, -0.05) is 42.0 Å². The van der Waals surface area contributed by atoms with Gasteiger partial charge in [-0.2, -0.15) is 0 Å². The van der Waals surface area contributed by atoms with Gasteiger partial charge < -0.3 is 15.0 Å². The Labute approximate surface area is 203 Å². The average Bonchev–Trinajstić information content (AvgIpc) is 2.81. The largest absolute Gasteiger partial charge is 0.383 e. The number of carbonyl (C=O) groups is 2. The second-order valence-corrected chi connectivity index (χ2v) is 9.15. The van der Waals surface area contributed by atoms with Crippen LogP contribution in [0.5, 0.6) is 0 Å². The molecule has 34 heavy (non-hydrogen) atoms. The number of piperazine rings is 1. The summed E-state index contributed by atoms with van der Waals surface area (Å²) in [5, 5.41) is 2.99. The van der Waals surface area contributed by atoms with Crippen molar-refractivity contribution in [2.24, 2.45) is 0 Å². The molecule has 1 N–H and O–H groups in total. The molecule has 0 aromatic heterocycles. The summed E-state index contributed by atoms with van der Waals surface area (Å²) in [5.74, 6) is -0.0635. The summed E-state index contributed by atoms with van der Waals surface area (Å²) in [6, 6.07) is 14.4. The van der Waals surface area contributed by atoms with E-state index in [9.17, 15) is 9.59 Å². The quantitative estimate of drug-likeness (QED) is 0.583. The first-order valence-corrected chi connectivity index (χ1v) is 12.0. The molecule has 0 bridgehead atoms. The van der Waals surface area contributed by atoms with Gasteiger partial charge in [0, 0.05) is 52.1 Å². The van der Waals surface area contributed by atoms with E-state index in [2.05, 4.69) is 41.4 Å². The van der Waals surface area contributed by atoms with Gasteiger partial charge in [-0.25, -0.2) is 0 Å². The zero-order valence-electron chi connectivity index (χ0n) is 21.0. The molecule has 0 unspecified atom stereocenters. The first-order chi connectivity index (χ1) is 16.4. The van der Waals surface area contributed by atoms with E-state index in [1.165, 1.54) is 11.1 Å². The zero-order valence-corrected chi connectivity index (χ0v) is 21.0. The summed E-state index contributed by atoms with van der Waals surface area (Å²) < 4.78 is 5.21. The van der Waals surface area contributed by atoms with E-state index in [0.29, 0.717) is 26.2 Å². The molecule has 0 atom stereocenters. The highest BCUT2D eigenvalue weighted by Crippen LogP contribution is 2.18. The van der Waals surface area contributed by atoms with E-state index in [0.717, 1.165) is 36.4 Å². The van der Waals surface area contributed by atoms with Crippen LogP contribution in [-0.2, 0) is 20.9 Å². The number of carbonyl (C=O) groups excluding carboxylic acids is 2. The van der Waals surface area contributed by atoms with Crippen molar-refractivity contribution < 1.29 is 14.3 Å². The van der Waals surface area contributed by atoms with E-state index in [4.69, 9.17) is 4.74 Å². The molecular formula is C27H38N4O3. The van der Waals surface area contributed by atoms with Crippen LogP contribution in [0.25, 0.3) is 0 Å². The minimum atomic E-state index is -0.124. The van der Waals surface area contributed by atoms with Crippen molar-refractivity contribution in [3.05, 3.63) is 64.7 Å². The van der Waals surface area contributed by atoms with E-state index in [1.807, 2.05) is 41.8 Å². The molecule has 1 fully saturated rings. The fourth-order valence-electron chi connectivity index (χ4n) is 4.23. The number of rotatable bonds is 10. The third kappa shape index (κ3) is 7.65. The molecule has 0 aliphatic carbocycles. The molecule has 0 radical (unpaired) electrons. The van der Waals surface area contributed by atoms with Crippen LogP contribution in [0.4, 0.5) is 5.69 Å². The van der Waals surface area contributed by atoms with Crippen LogP contribution >= 0.6 is 0 Å². The summed E-state index contributed by atoms with van der Waals surface area (Å²) in [6.45, 7) is 11.5. The topological polar surface area (TPSA) is 65.1 Å². The second kappa shape index (κ2) is 12.6. The molecule has 7 heteroatoms. The maximum atomic E-state index is 13.0. The molecule has 1 aliphatic rings. The van der Waals surface area contributed by atoms with Gasteiger partial charge in [0.05, 0.1) is 19.7 Å². The molecule has 1 heterocycles. The Balaban J connectivity index is 1.50. The van der Waals surface area contributed by atoms with Gasteiger partial charge in [-0.05, 0) is 43.5 Å². The number of ether oxygens (including phenoxy) is 1. The van der Waals surface area contributed by atoms with Crippen LogP contribution in [0.3, 0.4) is 0 Å². The van der Waals surface area contributed by atoms with Crippen molar-refractivity contribution >= 4 is 17.5 Å². The molecule has 2 aromatic rings. The minimum Gasteiger partial charge on any atom is -0.383 e. The third-order valence-electron chi connectivity index (χ3n) is 6.43. The van der Waals surface area contributed by atoms with Crippen molar-refractivity contribution in [1.82, 2.24) is 14.7 Å². The number of benzene rings is 2. The summed E-state index contributed by atoms with van der Waals surface area (Å²) in [4.78, 5) is 31.9. The van der Waals surface area contributed by atoms with E-state index in [1.54, 1.807) is 7.11 Å². The van der Waals surface area contributed by atoms with Gasteiger partial charge in [0.15, 0.2) is 0 Å². The summed E-state index contributed by atoms with van der Waals surface area (Å²) in [5.41, 5.74) is 5.57. The fraction of sp³-hybridized carbons (Fsp3) is 0.481. The molecular weight excluding hydrogens is 428 g/mol. The Morgan fingerprint density at radius 1 is 1.00 bits per heavy atom. The van der Waals surface area contributed by atoms with Crippen LogP contribution < -0.4 is 5.32 Å². The molecule has 7 nitrogen and oxygen atoms in total. The predicted molar refractivity (Wildman–Crippen MR) is 136 cm³/mol. The van der Waals surface area contributed by atoms with Crippen molar-refractivity contribution in [3.8, 4) is 0 Å².